The predicted octanol–water partition coefficient (Wildman–Crippen LogP) is 1.56. The van der Waals surface area contributed by atoms with Gasteiger partial charge in [0.05, 0.1) is 5.69 Å². The Balaban J connectivity index is 1.85. The summed E-state index contributed by atoms with van der Waals surface area (Å²) in [5.74, 6) is 0.333. The Morgan fingerprint density at radius 1 is 1.25 bits per heavy atom. The molecule has 4 heteroatoms. The van der Waals surface area contributed by atoms with E-state index < -0.39 is 0 Å². The quantitative estimate of drug-likeness (QED) is 0.752. The number of anilines is 1. The zero-order valence-corrected chi connectivity index (χ0v) is 8.94. The van der Waals surface area contributed by atoms with Crippen molar-refractivity contribution in [3.63, 3.8) is 0 Å². The van der Waals surface area contributed by atoms with E-state index in [2.05, 4.69) is 5.43 Å². The Morgan fingerprint density at radius 2 is 1.94 bits per heavy atom. The van der Waals surface area contributed by atoms with Crippen molar-refractivity contribution in [2.24, 2.45) is 0 Å². The fraction of sp³-hybridized carbons (Fsp3) is 0.417. The van der Waals surface area contributed by atoms with Crippen LogP contribution < -0.4 is 10.4 Å². The Labute approximate surface area is 93.8 Å². The molecule has 1 aromatic carbocycles. The molecule has 0 aromatic heterocycles. The Bertz CT molecular complexity index is 423. The number of hydrazine groups is 1. The fourth-order valence-electron chi connectivity index (χ4n) is 2.41. The number of hydrogen-bond acceptors (Lipinski definition) is 3. The Kier molecular flexibility index (Phi) is 1.94. The molecule has 1 saturated heterocycles. The second-order valence-electron chi connectivity index (χ2n) is 4.67. The summed E-state index contributed by atoms with van der Waals surface area (Å²) in [5, 5.41) is 10.8. The molecular weight excluding hydrogens is 204 g/mol. The first-order valence-corrected chi connectivity index (χ1v) is 5.58. The molecular formula is C12H14N2O2. The highest BCUT2D eigenvalue weighted by Crippen LogP contribution is 2.40. The van der Waals surface area contributed by atoms with Crippen LogP contribution >= 0.6 is 0 Å². The standard InChI is InChI=1S/C12H14N2O2/c15-10-4-2-9(3-5-10)14-11(16)8-12(13-14)6-1-7-12/h2-5,13,15H,1,6-8H2. The molecule has 1 amide bonds. The normalized spacial score (nSPS) is 22.5. The SMILES string of the molecule is O=C1CC2(CCC2)NN1c1ccc(O)cc1. The largest absolute Gasteiger partial charge is 0.508 e. The summed E-state index contributed by atoms with van der Waals surface area (Å²) >= 11 is 0. The Hall–Kier alpha value is -1.55. The van der Waals surface area contributed by atoms with E-state index in [4.69, 9.17) is 0 Å². The number of aromatic hydroxyl groups is 1. The third kappa shape index (κ3) is 1.38. The van der Waals surface area contributed by atoms with Crippen molar-refractivity contribution in [2.75, 3.05) is 5.01 Å². The average Bonchev–Trinajstić information content (AvgIpc) is 2.57. The third-order valence-electron chi connectivity index (χ3n) is 3.51. The molecule has 3 rings (SSSR count). The first-order valence-electron chi connectivity index (χ1n) is 5.58. The van der Waals surface area contributed by atoms with Crippen molar-refractivity contribution in [3.05, 3.63) is 24.3 Å². The first-order chi connectivity index (χ1) is 7.69. The molecule has 84 valence electrons. The van der Waals surface area contributed by atoms with Crippen molar-refractivity contribution in [1.82, 2.24) is 5.43 Å². The lowest BCUT2D eigenvalue weighted by molar-refractivity contribution is -0.117. The van der Waals surface area contributed by atoms with Gasteiger partial charge in [0, 0.05) is 12.0 Å². The Morgan fingerprint density at radius 3 is 2.44 bits per heavy atom. The summed E-state index contributed by atoms with van der Waals surface area (Å²) in [6.07, 6.45) is 3.94. The predicted molar refractivity (Wildman–Crippen MR) is 59.9 cm³/mol. The number of phenolic OH excluding ortho intramolecular Hbond substituents is 1. The molecule has 2 fully saturated rings. The molecule has 1 aliphatic heterocycles. The van der Waals surface area contributed by atoms with Gasteiger partial charge in [-0.15, -0.1) is 0 Å². The minimum Gasteiger partial charge on any atom is -0.508 e. The minimum absolute atomic E-state index is 0.0228. The number of nitrogens with one attached hydrogen (secondary N) is 1. The summed E-state index contributed by atoms with van der Waals surface area (Å²) in [6.45, 7) is 0. The van der Waals surface area contributed by atoms with Gasteiger partial charge in [-0.2, -0.15) is 0 Å². The summed E-state index contributed by atoms with van der Waals surface area (Å²) < 4.78 is 0. The first kappa shape index (κ1) is 9.66. The van der Waals surface area contributed by atoms with Gasteiger partial charge in [0.15, 0.2) is 0 Å². The van der Waals surface area contributed by atoms with Crippen molar-refractivity contribution in [1.29, 1.82) is 0 Å². The lowest BCUT2D eigenvalue weighted by Gasteiger charge is -2.37. The van der Waals surface area contributed by atoms with Gasteiger partial charge < -0.3 is 5.11 Å². The zero-order chi connectivity index (χ0) is 11.2. The molecule has 2 aliphatic rings. The molecule has 1 aromatic rings. The molecule has 0 radical (unpaired) electrons. The van der Waals surface area contributed by atoms with E-state index in [1.165, 1.54) is 6.42 Å². The maximum atomic E-state index is 11.9. The van der Waals surface area contributed by atoms with Crippen LogP contribution in [-0.2, 0) is 4.79 Å². The number of rotatable bonds is 1. The van der Waals surface area contributed by atoms with Crippen molar-refractivity contribution in [3.8, 4) is 5.75 Å². The lowest BCUT2D eigenvalue weighted by Crippen LogP contribution is -2.50. The van der Waals surface area contributed by atoms with E-state index in [-0.39, 0.29) is 17.2 Å². The highest BCUT2D eigenvalue weighted by molar-refractivity contribution is 5.95. The van der Waals surface area contributed by atoms with Gasteiger partial charge in [-0.25, -0.2) is 10.4 Å². The minimum atomic E-state index is 0.0228. The topological polar surface area (TPSA) is 52.6 Å². The third-order valence-corrected chi connectivity index (χ3v) is 3.51. The molecule has 0 bridgehead atoms. The van der Waals surface area contributed by atoms with Crippen LogP contribution in [0.4, 0.5) is 5.69 Å². The summed E-state index contributed by atoms with van der Waals surface area (Å²) in [5.41, 5.74) is 4.11. The monoisotopic (exact) mass is 218 g/mol. The van der Waals surface area contributed by atoms with Crippen LogP contribution in [-0.4, -0.2) is 16.6 Å². The number of benzene rings is 1. The van der Waals surface area contributed by atoms with Crippen LogP contribution in [0.25, 0.3) is 0 Å². The molecule has 1 aliphatic carbocycles. The van der Waals surface area contributed by atoms with Crippen molar-refractivity contribution >= 4 is 11.6 Å². The van der Waals surface area contributed by atoms with Crippen LogP contribution in [0.3, 0.4) is 0 Å². The van der Waals surface area contributed by atoms with E-state index in [9.17, 15) is 9.90 Å². The smallest absolute Gasteiger partial charge is 0.243 e. The van der Waals surface area contributed by atoms with E-state index in [0.29, 0.717) is 6.42 Å². The molecule has 1 heterocycles. The molecule has 2 N–H and O–H groups in total. The van der Waals surface area contributed by atoms with Gasteiger partial charge in [-0.1, -0.05) is 0 Å². The highest BCUT2D eigenvalue weighted by Gasteiger charge is 2.47. The van der Waals surface area contributed by atoms with Gasteiger partial charge >= 0.3 is 0 Å². The van der Waals surface area contributed by atoms with Gasteiger partial charge in [0.2, 0.25) is 5.91 Å². The van der Waals surface area contributed by atoms with E-state index >= 15 is 0 Å². The van der Waals surface area contributed by atoms with E-state index in [1.54, 1.807) is 29.3 Å². The maximum absolute atomic E-state index is 11.9. The van der Waals surface area contributed by atoms with Gasteiger partial charge in [0.25, 0.3) is 0 Å². The fourth-order valence-corrected chi connectivity index (χ4v) is 2.41. The van der Waals surface area contributed by atoms with Gasteiger partial charge in [0.1, 0.15) is 5.75 Å². The van der Waals surface area contributed by atoms with Crippen molar-refractivity contribution in [2.45, 2.75) is 31.2 Å². The molecule has 4 nitrogen and oxygen atoms in total. The maximum Gasteiger partial charge on any atom is 0.243 e. The van der Waals surface area contributed by atoms with E-state index in [0.717, 1.165) is 18.5 Å². The number of amides is 1. The molecule has 0 atom stereocenters. The molecule has 16 heavy (non-hydrogen) atoms. The summed E-state index contributed by atoms with van der Waals surface area (Å²) in [4.78, 5) is 11.9. The summed E-state index contributed by atoms with van der Waals surface area (Å²) in [6, 6.07) is 6.68. The number of carbonyl (C=O) groups is 1. The van der Waals surface area contributed by atoms with Crippen LogP contribution in [0.15, 0.2) is 24.3 Å². The van der Waals surface area contributed by atoms with Crippen LogP contribution in [0.1, 0.15) is 25.7 Å². The molecule has 0 unspecified atom stereocenters. The lowest BCUT2D eigenvalue weighted by atomic mass is 9.76. The zero-order valence-electron chi connectivity index (χ0n) is 8.94. The number of phenols is 1. The average molecular weight is 218 g/mol. The number of hydrogen-bond donors (Lipinski definition) is 2. The van der Waals surface area contributed by atoms with Crippen molar-refractivity contribution < 1.29 is 9.90 Å². The van der Waals surface area contributed by atoms with Crippen LogP contribution in [0.2, 0.25) is 0 Å². The summed E-state index contributed by atoms with van der Waals surface area (Å²) in [7, 11) is 0. The molecule has 1 spiro atoms. The van der Waals surface area contributed by atoms with Crippen LogP contribution in [0, 0.1) is 0 Å². The second-order valence-corrected chi connectivity index (χ2v) is 4.67. The van der Waals surface area contributed by atoms with Gasteiger partial charge in [-0.05, 0) is 43.5 Å². The highest BCUT2D eigenvalue weighted by atomic mass is 16.3. The second kappa shape index (κ2) is 3.22. The number of carbonyl (C=O) groups excluding carboxylic acids is 1. The van der Waals surface area contributed by atoms with Gasteiger partial charge in [-0.3, -0.25) is 4.79 Å². The van der Waals surface area contributed by atoms with E-state index in [1.807, 2.05) is 0 Å². The molecule has 1 saturated carbocycles. The van der Waals surface area contributed by atoms with Crippen LogP contribution in [0.5, 0.6) is 5.75 Å². The number of nitrogens with zero attached hydrogens (tertiary/aromatic N) is 1.